The summed E-state index contributed by atoms with van der Waals surface area (Å²) in [7, 11) is 0. The van der Waals surface area contributed by atoms with Gasteiger partial charge in [-0.2, -0.15) is 0 Å². The quantitative estimate of drug-likeness (QED) is 0.870. The van der Waals surface area contributed by atoms with Gasteiger partial charge in [-0.15, -0.1) is 0 Å². The molecule has 1 saturated carbocycles. The Hall–Kier alpha value is -1.58. The van der Waals surface area contributed by atoms with E-state index in [1.54, 1.807) is 6.20 Å². The average molecular weight is 234 g/mol. The highest BCUT2D eigenvalue weighted by Crippen LogP contribution is 2.36. The van der Waals surface area contributed by atoms with E-state index in [2.05, 4.69) is 25.8 Å². The number of pyridine rings is 1. The highest BCUT2D eigenvalue weighted by Gasteiger charge is 2.30. The SMILES string of the molecule is CC(C)(C)c1ccnc(C(N)=O)c1OC1CC1. The lowest BCUT2D eigenvalue weighted by Gasteiger charge is -2.23. The Morgan fingerprint density at radius 3 is 2.59 bits per heavy atom. The van der Waals surface area contributed by atoms with Crippen molar-refractivity contribution in [3.05, 3.63) is 23.5 Å². The maximum atomic E-state index is 11.4. The van der Waals surface area contributed by atoms with Gasteiger partial charge in [-0.25, -0.2) is 4.98 Å². The lowest BCUT2D eigenvalue weighted by molar-refractivity contribution is 0.0990. The van der Waals surface area contributed by atoms with Crippen molar-refractivity contribution in [3.8, 4) is 5.75 Å². The molecular formula is C13H18N2O2. The molecule has 0 aliphatic heterocycles. The van der Waals surface area contributed by atoms with Gasteiger partial charge in [-0.1, -0.05) is 20.8 Å². The number of rotatable bonds is 3. The van der Waals surface area contributed by atoms with E-state index in [-0.39, 0.29) is 17.2 Å². The predicted octanol–water partition coefficient (Wildman–Crippen LogP) is 2.02. The predicted molar refractivity (Wildman–Crippen MR) is 65.1 cm³/mol. The minimum atomic E-state index is -0.535. The van der Waals surface area contributed by atoms with Crippen LogP contribution in [0.3, 0.4) is 0 Å². The van der Waals surface area contributed by atoms with E-state index in [9.17, 15) is 4.79 Å². The third-order valence-corrected chi connectivity index (χ3v) is 2.75. The molecule has 1 aliphatic rings. The van der Waals surface area contributed by atoms with Crippen LogP contribution in [0.2, 0.25) is 0 Å². The van der Waals surface area contributed by atoms with Gasteiger partial charge in [0.1, 0.15) is 0 Å². The lowest BCUT2D eigenvalue weighted by atomic mass is 9.86. The number of carbonyl (C=O) groups is 1. The molecule has 1 heterocycles. The van der Waals surface area contributed by atoms with Crippen LogP contribution in [0.4, 0.5) is 0 Å². The number of amides is 1. The van der Waals surface area contributed by atoms with Gasteiger partial charge in [0, 0.05) is 11.8 Å². The molecule has 0 atom stereocenters. The van der Waals surface area contributed by atoms with Crippen LogP contribution in [0.1, 0.15) is 49.7 Å². The average Bonchev–Trinajstić information content (AvgIpc) is 3.00. The van der Waals surface area contributed by atoms with Crippen LogP contribution in [0.5, 0.6) is 5.75 Å². The fraction of sp³-hybridized carbons (Fsp3) is 0.538. The van der Waals surface area contributed by atoms with Gasteiger partial charge in [-0.05, 0) is 24.3 Å². The van der Waals surface area contributed by atoms with Crippen molar-refractivity contribution >= 4 is 5.91 Å². The minimum absolute atomic E-state index is 0.0998. The molecule has 0 saturated heterocycles. The fourth-order valence-corrected chi connectivity index (χ4v) is 1.69. The first-order valence-corrected chi connectivity index (χ1v) is 5.85. The number of hydrogen-bond donors (Lipinski definition) is 1. The number of ether oxygens (including phenoxy) is 1. The molecule has 4 heteroatoms. The molecule has 1 aromatic rings. The van der Waals surface area contributed by atoms with Crippen LogP contribution in [-0.2, 0) is 5.41 Å². The van der Waals surface area contributed by atoms with Gasteiger partial charge >= 0.3 is 0 Å². The molecule has 0 radical (unpaired) electrons. The third-order valence-electron chi connectivity index (χ3n) is 2.75. The fourth-order valence-electron chi connectivity index (χ4n) is 1.69. The summed E-state index contributed by atoms with van der Waals surface area (Å²) in [6, 6.07) is 1.89. The van der Waals surface area contributed by atoms with E-state index < -0.39 is 5.91 Å². The Morgan fingerprint density at radius 2 is 2.12 bits per heavy atom. The normalized spacial score (nSPS) is 15.7. The summed E-state index contributed by atoms with van der Waals surface area (Å²) in [4.78, 5) is 15.4. The maximum absolute atomic E-state index is 11.4. The zero-order valence-electron chi connectivity index (χ0n) is 10.5. The Balaban J connectivity index is 2.49. The molecule has 1 aliphatic carbocycles. The van der Waals surface area contributed by atoms with Gasteiger partial charge in [0.15, 0.2) is 11.4 Å². The molecule has 1 fully saturated rings. The van der Waals surface area contributed by atoms with Gasteiger partial charge < -0.3 is 10.5 Å². The van der Waals surface area contributed by atoms with Gasteiger partial charge in [0.2, 0.25) is 0 Å². The smallest absolute Gasteiger partial charge is 0.271 e. The van der Waals surface area contributed by atoms with E-state index in [1.807, 2.05) is 6.07 Å². The van der Waals surface area contributed by atoms with Gasteiger partial charge in [-0.3, -0.25) is 4.79 Å². The van der Waals surface area contributed by atoms with E-state index in [0.717, 1.165) is 18.4 Å². The molecule has 1 aromatic heterocycles. The first-order valence-electron chi connectivity index (χ1n) is 5.85. The van der Waals surface area contributed by atoms with Crippen LogP contribution in [0.15, 0.2) is 12.3 Å². The Bertz CT molecular complexity index is 445. The second-order valence-electron chi connectivity index (χ2n) is 5.47. The number of aromatic nitrogens is 1. The summed E-state index contributed by atoms with van der Waals surface area (Å²) in [5, 5.41) is 0. The van der Waals surface area contributed by atoms with Gasteiger partial charge in [0.25, 0.3) is 5.91 Å². The largest absolute Gasteiger partial charge is 0.488 e. The maximum Gasteiger partial charge on any atom is 0.271 e. The second kappa shape index (κ2) is 4.02. The molecule has 2 rings (SSSR count). The summed E-state index contributed by atoms with van der Waals surface area (Å²) >= 11 is 0. The number of hydrogen-bond acceptors (Lipinski definition) is 3. The zero-order valence-corrected chi connectivity index (χ0v) is 10.5. The van der Waals surface area contributed by atoms with Crippen LogP contribution < -0.4 is 10.5 Å². The highest BCUT2D eigenvalue weighted by atomic mass is 16.5. The summed E-state index contributed by atoms with van der Waals surface area (Å²) in [5.41, 5.74) is 6.46. The van der Waals surface area contributed by atoms with E-state index in [1.165, 1.54) is 0 Å². The van der Waals surface area contributed by atoms with Crippen LogP contribution >= 0.6 is 0 Å². The molecule has 2 N–H and O–H groups in total. The molecule has 0 spiro atoms. The molecule has 92 valence electrons. The summed E-state index contributed by atoms with van der Waals surface area (Å²) in [5.74, 6) is 0.0294. The second-order valence-corrected chi connectivity index (χ2v) is 5.47. The van der Waals surface area contributed by atoms with Crippen molar-refractivity contribution in [2.75, 3.05) is 0 Å². The van der Waals surface area contributed by atoms with E-state index >= 15 is 0 Å². The van der Waals surface area contributed by atoms with Crippen LogP contribution in [0.25, 0.3) is 0 Å². The monoisotopic (exact) mass is 234 g/mol. The van der Waals surface area contributed by atoms with Crippen molar-refractivity contribution < 1.29 is 9.53 Å². The molecule has 0 unspecified atom stereocenters. The third kappa shape index (κ3) is 2.57. The van der Waals surface area contributed by atoms with Crippen LogP contribution in [-0.4, -0.2) is 17.0 Å². The highest BCUT2D eigenvalue weighted by molar-refractivity contribution is 5.94. The van der Waals surface area contributed by atoms with Crippen molar-refractivity contribution in [2.45, 2.75) is 45.1 Å². The summed E-state index contributed by atoms with van der Waals surface area (Å²) in [6.45, 7) is 6.23. The van der Waals surface area contributed by atoms with Crippen molar-refractivity contribution in [3.63, 3.8) is 0 Å². The van der Waals surface area contributed by atoms with E-state index in [0.29, 0.717) is 5.75 Å². The van der Waals surface area contributed by atoms with E-state index in [4.69, 9.17) is 10.5 Å². The van der Waals surface area contributed by atoms with Crippen LogP contribution in [0, 0.1) is 0 Å². The number of nitrogens with two attached hydrogens (primary N) is 1. The molecule has 4 nitrogen and oxygen atoms in total. The number of carbonyl (C=O) groups excluding carboxylic acids is 1. The molecular weight excluding hydrogens is 216 g/mol. The Labute approximate surface area is 101 Å². The Morgan fingerprint density at radius 1 is 1.47 bits per heavy atom. The molecule has 0 aromatic carbocycles. The molecule has 1 amide bonds. The standard InChI is InChI=1S/C13H18N2O2/c1-13(2,3)9-6-7-15-10(12(14)16)11(9)17-8-4-5-8/h6-8H,4-5H2,1-3H3,(H2,14,16). The number of nitrogens with zero attached hydrogens (tertiary/aromatic N) is 1. The number of primary amides is 1. The topological polar surface area (TPSA) is 65.2 Å². The summed E-state index contributed by atoms with van der Waals surface area (Å²) in [6.07, 6.45) is 3.91. The summed E-state index contributed by atoms with van der Waals surface area (Å²) < 4.78 is 5.81. The lowest BCUT2D eigenvalue weighted by Crippen LogP contribution is -2.21. The van der Waals surface area contributed by atoms with Gasteiger partial charge in [0.05, 0.1) is 6.10 Å². The van der Waals surface area contributed by atoms with Crippen molar-refractivity contribution in [1.82, 2.24) is 4.98 Å². The van der Waals surface area contributed by atoms with Crippen molar-refractivity contribution in [2.24, 2.45) is 5.73 Å². The first-order chi connectivity index (χ1) is 7.89. The molecule has 0 bridgehead atoms. The minimum Gasteiger partial charge on any atom is -0.488 e. The first kappa shape index (κ1) is 11.9. The zero-order chi connectivity index (χ0) is 12.6. The molecule has 17 heavy (non-hydrogen) atoms. The van der Waals surface area contributed by atoms with Crippen molar-refractivity contribution in [1.29, 1.82) is 0 Å². The Kier molecular flexibility index (Phi) is 2.81.